The van der Waals surface area contributed by atoms with Crippen LogP contribution in [0.1, 0.15) is 44.4 Å². The number of carbonyl (C=O) groups excluding carboxylic acids is 1. The maximum atomic E-state index is 13.6. The van der Waals surface area contributed by atoms with E-state index in [1.54, 1.807) is 61.1 Å². The van der Waals surface area contributed by atoms with Crippen LogP contribution in [0.5, 0.6) is 0 Å². The highest BCUT2D eigenvalue weighted by Crippen LogP contribution is 2.60. The Morgan fingerprint density at radius 3 is 2.37 bits per heavy atom. The Labute approximate surface area is 236 Å². The second-order valence-corrected chi connectivity index (χ2v) is 11.7. The van der Waals surface area contributed by atoms with Gasteiger partial charge >= 0.3 is 13.6 Å². The Balaban J connectivity index is 1.36. The summed E-state index contributed by atoms with van der Waals surface area (Å²) in [5.41, 5.74) is 3.77. The quantitative estimate of drug-likeness (QED) is 0.160. The van der Waals surface area contributed by atoms with Gasteiger partial charge in [0.25, 0.3) is 0 Å². The number of hydrogen-bond donors (Lipinski definition) is 3. The van der Waals surface area contributed by atoms with Gasteiger partial charge < -0.3 is 19.5 Å². The molecule has 0 atom stereocenters. The SMILES string of the molecule is CCC(CC)(c1ccc(NC(=O)CCc2oc(-n3cnc4ccccc43)nc2-c2ccc(F)cc2)cc1)P(=O)(O)O. The van der Waals surface area contributed by atoms with Crippen LogP contribution in [0.15, 0.2) is 83.5 Å². The van der Waals surface area contributed by atoms with Crippen LogP contribution in [-0.2, 0) is 20.9 Å². The number of aryl methyl sites for hydroxylation is 1. The highest BCUT2D eigenvalue weighted by Gasteiger charge is 2.45. The summed E-state index contributed by atoms with van der Waals surface area (Å²) in [6, 6.07) is 20.3. The number of anilines is 1. The molecule has 0 aliphatic rings. The molecule has 11 heteroatoms. The van der Waals surface area contributed by atoms with Gasteiger partial charge in [-0.15, -0.1) is 0 Å². The van der Waals surface area contributed by atoms with Crippen molar-refractivity contribution in [3.8, 4) is 17.3 Å². The molecule has 0 saturated carbocycles. The van der Waals surface area contributed by atoms with Crippen molar-refractivity contribution in [2.24, 2.45) is 0 Å². The Hall–Kier alpha value is -4.11. The summed E-state index contributed by atoms with van der Waals surface area (Å²) in [4.78, 5) is 42.0. The number of benzene rings is 3. The first kappa shape index (κ1) is 28.4. The molecule has 1 amide bonds. The highest BCUT2D eigenvalue weighted by molar-refractivity contribution is 7.53. The molecule has 0 aliphatic carbocycles. The van der Waals surface area contributed by atoms with E-state index in [1.807, 2.05) is 24.3 Å². The zero-order chi connectivity index (χ0) is 29.2. The van der Waals surface area contributed by atoms with Gasteiger partial charge in [0, 0.05) is 24.1 Å². The molecule has 3 N–H and O–H groups in total. The second kappa shape index (κ2) is 11.4. The highest BCUT2D eigenvalue weighted by atomic mass is 31.2. The third-order valence-electron chi connectivity index (χ3n) is 7.48. The predicted molar refractivity (Wildman–Crippen MR) is 154 cm³/mol. The average Bonchev–Trinajstić information content (AvgIpc) is 3.58. The van der Waals surface area contributed by atoms with E-state index >= 15 is 0 Å². The summed E-state index contributed by atoms with van der Waals surface area (Å²) in [6.45, 7) is 3.51. The van der Waals surface area contributed by atoms with E-state index < -0.39 is 12.8 Å². The molecule has 0 spiro atoms. The lowest BCUT2D eigenvalue weighted by Gasteiger charge is -2.33. The van der Waals surface area contributed by atoms with E-state index in [9.17, 15) is 23.5 Å². The molecule has 212 valence electrons. The van der Waals surface area contributed by atoms with Crippen molar-refractivity contribution in [2.45, 2.75) is 44.7 Å². The van der Waals surface area contributed by atoms with Gasteiger partial charge in [0.05, 0.1) is 16.2 Å². The minimum absolute atomic E-state index is 0.0750. The zero-order valence-corrected chi connectivity index (χ0v) is 23.5. The molecule has 3 aromatic carbocycles. The van der Waals surface area contributed by atoms with Crippen LogP contribution in [0.25, 0.3) is 28.3 Å². The van der Waals surface area contributed by atoms with Crippen LogP contribution in [0.2, 0.25) is 0 Å². The fourth-order valence-corrected chi connectivity index (χ4v) is 6.42. The smallest absolute Gasteiger partial charge is 0.335 e. The van der Waals surface area contributed by atoms with Gasteiger partial charge in [0.15, 0.2) is 0 Å². The third kappa shape index (κ3) is 5.59. The topological polar surface area (TPSA) is 130 Å². The number of nitrogens with zero attached hydrogens (tertiary/aromatic N) is 3. The molecule has 0 fully saturated rings. The molecule has 9 nitrogen and oxygen atoms in total. The number of amides is 1. The first-order valence-corrected chi connectivity index (χ1v) is 14.9. The van der Waals surface area contributed by atoms with Crippen LogP contribution in [0.3, 0.4) is 0 Å². The third-order valence-corrected chi connectivity index (χ3v) is 9.48. The standard InChI is InChI=1S/C30H30FN4O5P/c1-3-30(4-2,41(37,38)39)21-11-15-23(16-12-21)33-27(36)18-17-26-28(20-9-13-22(31)14-10-20)34-29(40-26)35-19-32-24-7-5-6-8-25(24)35/h5-16,19H,3-4,17-18H2,1-2H3,(H,33,36)(H2,37,38,39). The Morgan fingerprint density at radius 2 is 1.71 bits per heavy atom. The average molecular weight is 577 g/mol. The van der Waals surface area contributed by atoms with Gasteiger partial charge in [-0.2, -0.15) is 4.98 Å². The molecule has 2 heterocycles. The normalized spacial score (nSPS) is 12.1. The van der Waals surface area contributed by atoms with Crippen molar-refractivity contribution < 1.29 is 28.0 Å². The van der Waals surface area contributed by atoms with E-state index in [1.165, 1.54) is 12.1 Å². The molecule has 0 radical (unpaired) electrons. The van der Waals surface area contributed by atoms with Gasteiger partial charge in [-0.1, -0.05) is 38.1 Å². The number of imidazole rings is 1. The number of halogens is 1. The summed E-state index contributed by atoms with van der Waals surface area (Å²) in [7, 11) is -4.41. The molecule has 0 aliphatic heterocycles. The molecular formula is C30H30FN4O5P. The Bertz CT molecular complexity index is 1720. The molecule has 2 aromatic heterocycles. The van der Waals surface area contributed by atoms with Crippen molar-refractivity contribution in [3.05, 3.63) is 96.3 Å². The summed E-state index contributed by atoms with van der Waals surface area (Å²) in [6.07, 6.45) is 2.48. The van der Waals surface area contributed by atoms with Gasteiger partial charge in [0.2, 0.25) is 5.91 Å². The maximum absolute atomic E-state index is 13.6. The number of carbonyl (C=O) groups is 1. The molecule has 5 rings (SSSR count). The first-order valence-electron chi connectivity index (χ1n) is 13.3. The number of para-hydroxylation sites is 2. The van der Waals surface area contributed by atoms with Gasteiger partial charge in [-0.3, -0.25) is 13.9 Å². The monoisotopic (exact) mass is 576 g/mol. The molecule has 41 heavy (non-hydrogen) atoms. The van der Waals surface area contributed by atoms with Crippen LogP contribution < -0.4 is 5.32 Å². The molecule has 0 saturated heterocycles. The zero-order valence-electron chi connectivity index (χ0n) is 22.6. The van der Waals surface area contributed by atoms with Gasteiger partial charge in [0.1, 0.15) is 23.6 Å². The fourth-order valence-electron chi connectivity index (χ4n) is 5.11. The summed E-state index contributed by atoms with van der Waals surface area (Å²) in [5.74, 6) is -0.186. The van der Waals surface area contributed by atoms with E-state index in [0.29, 0.717) is 28.3 Å². The molecule has 5 aromatic rings. The first-order chi connectivity index (χ1) is 19.6. The summed E-state index contributed by atoms with van der Waals surface area (Å²) < 4.78 is 33.7. The van der Waals surface area contributed by atoms with E-state index in [-0.39, 0.29) is 43.4 Å². The van der Waals surface area contributed by atoms with Crippen molar-refractivity contribution in [1.82, 2.24) is 14.5 Å². The predicted octanol–water partition coefficient (Wildman–Crippen LogP) is 6.58. The van der Waals surface area contributed by atoms with E-state index in [0.717, 1.165) is 11.0 Å². The number of rotatable bonds is 10. The Morgan fingerprint density at radius 1 is 1.02 bits per heavy atom. The van der Waals surface area contributed by atoms with Crippen LogP contribution >= 0.6 is 7.60 Å². The lowest BCUT2D eigenvalue weighted by molar-refractivity contribution is -0.116. The number of hydrogen-bond acceptors (Lipinski definition) is 5. The number of fused-ring (bicyclic) bond motifs is 1. The fraction of sp³-hybridized carbons (Fsp3) is 0.233. The number of nitrogens with one attached hydrogen (secondary N) is 1. The summed E-state index contributed by atoms with van der Waals surface area (Å²) in [5, 5.41) is 1.56. The second-order valence-electron chi connectivity index (χ2n) is 9.79. The van der Waals surface area contributed by atoms with E-state index in [2.05, 4.69) is 15.3 Å². The van der Waals surface area contributed by atoms with Crippen molar-refractivity contribution >= 4 is 30.2 Å². The van der Waals surface area contributed by atoms with Crippen molar-refractivity contribution in [1.29, 1.82) is 0 Å². The van der Waals surface area contributed by atoms with Gasteiger partial charge in [-0.05, 0) is 66.9 Å². The van der Waals surface area contributed by atoms with Crippen LogP contribution in [0, 0.1) is 5.82 Å². The number of oxazole rings is 1. The van der Waals surface area contributed by atoms with Crippen LogP contribution in [0.4, 0.5) is 10.1 Å². The molecular weight excluding hydrogens is 546 g/mol. The Kier molecular flexibility index (Phi) is 7.91. The van der Waals surface area contributed by atoms with E-state index in [4.69, 9.17) is 4.42 Å². The van der Waals surface area contributed by atoms with Crippen LogP contribution in [-0.4, -0.2) is 30.2 Å². The molecule has 0 bridgehead atoms. The largest absolute Gasteiger partial charge is 0.427 e. The van der Waals surface area contributed by atoms with Crippen molar-refractivity contribution in [3.63, 3.8) is 0 Å². The summed E-state index contributed by atoms with van der Waals surface area (Å²) >= 11 is 0. The lowest BCUT2D eigenvalue weighted by atomic mass is 9.92. The maximum Gasteiger partial charge on any atom is 0.335 e. The van der Waals surface area contributed by atoms with Crippen molar-refractivity contribution in [2.75, 3.05) is 5.32 Å². The number of aromatic nitrogens is 3. The minimum atomic E-state index is -4.41. The lowest BCUT2D eigenvalue weighted by Crippen LogP contribution is -2.24. The molecule has 0 unspecified atom stereocenters. The van der Waals surface area contributed by atoms with Gasteiger partial charge in [-0.25, -0.2) is 9.37 Å². The minimum Gasteiger partial charge on any atom is -0.427 e.